The average Bonchev–Trinajstić information content (AvgIpc) is 2.51. The molecule has 0 aliphatic rings. The van der Waals surface area contributed by atoms with Crippen LogP contribution in [0, 0.1) is 0 Å². The quantitative estimate of drug-likeness (QED) is 0.416. The van der Waals surface area contributed by atoms with Crippen LogP contribution >= 0.6 is 0 Å². The molecule has 0 bridgehead atoms. The third-order valence-electron chi connectivity index (χ3n) is 3.36. The number of nitrogens with zero attached hydrogens (tertiary/aromatic N) is 1. The molecule has 0 saturated carbocycles. The maximum atomic E-state index is 11.3. The molecule has 0 unspecified atom stereocenters. The molecule has 0 aromatic heterocycles. The van der Waals surface area contributed by atoms with Gasteiger partial charge in [-0.15, -0.1) is 0 Å². The second-order valence-electron chi connectivity index (χ2n) is 5.23. The Kier molecular flexibility index (Phi) is 5.33. The summed E-state index contributed by atoms with van der Waals surface area (Å²) in [7, 11) is -9.42. The van der Waals surface area contributed by atoms with E-state index in [0.717, 1.165) is 36.4 Å². The van der Waals surface area contributed by atoms with Crippen LogP contribution in [0.5, 0.6) is 11.5 Å². The Morgan fingerprint density at radius 2 is 1.19 bits per heavy atom. The van der Waals surface area contributed by atoms with Crippen LogP contribution in [0.2, 0.25) is 0 Å². The molecule has 2 aromatic rings. The van der Waals surface area contributed by atoms with Gasteiger partial charge in [-0.05, 0) is 36.4 Å². The fourth-order valence-corrected chi connectivity index (χ4v) is 3.20. The lowest BCUT2D eigenvalue weighted by molar-refractivity contribution is -0.135. The number of aliphatic carboxylic acids is 1. The van der Waals surface area contributed by atoms with Gasteiger partial charge in [0.05, 0.1) is 21.2 Å². The zero-order chi connectivity index (χ0) is 20.6. The summed E-state index contributed by atoms with van der Waals surface area (Å²) in [5.74, 6) is -2.73. The van der Waals surface area contributed by atoms with Crippen molar-refractivity contribution in [3.63, 3.8) is 0 Å². The Bertz CT molecular complexity index is 1030. The lowest BCUT2D eigenvalue weighted by Crippen LogP contribution is -2.25. The third-order valence-corrected chi connectivity index (χ3v) is 5.06. The fourth-order valence-electron chi connectivity index (χ4n) is 2.20. The molecule has 2 rings (SSSR count). The maximum Gasteiger partial charge on any atom is 0.323 e. The summed E-state index contributed by atoms with van der Waals surface area (Å²) in [5.41, 5.74) is -0.925. The molecule has 0 spiro atoms. The minimum absolute atomic E-state index is 0.463. The standard InChI is InChI=1S/C14H13NO10S2/c16-12-3-1-8(26(20,21)22)5-10(12)15(7-14(18)19)11-6-9(27(23,24)25)2-4-13(11)17/h1-6,16-17H,7H2,(H,18,19)(H,20,21,22)(H,23,24,25). The molecule has 0 heterocycles. The van der Waals surface area contributed by atoms with E-state index in [9.17, 15) is 31.8 Å². The highest BCUT2D eigenvalue weighted by Gasteiger charge is 2.24. The van der Waals surface area contributed by atoms with Crippen molar-refractivity contribution in [3.05, 3.63) is 36.4 Å². The number of phenols is 2. The summed E-state index contributed by atoms with van der Waals surface area (Å²) in [6.45, 7) is -0.940. The van der Waals surface area contributed by atoms with Gasteiger partial charge in [0, 0.05) is 0 Å². The fraction of sp³-hybridized carbons (Fsp3) is 0.0714. The van der Waals surface area contributed by atoms with Crippen molar-refractivity contribution in [1.29, 1.82) is 0 Å². The molecule has 0 saturated heterocycles. The van der Waals surface area contributed by atoms with Gasteiger partial charge in [0.2, 0.25) is 0 Å². The first kappa shape index (κ1) is 20.4. The number of anilines is 2. The predicted octanol–water partition coefficient (Wildman–Crippen LogP) is 0.814. The molecule has 0 amide bonds. The van der Waals surface area contributed by atoms with Crippen molar-refractivity contribution in [1.82, 2.24) is 0 Å². The van der Waals surface area contributed by atoms with Gasteiger partial charge in [-0.1, -0.05) is 0 Å². The molecular formula is C14H13NO10S2. The minimum atomic E-state index is -4.71. The van der Waals surface area contributed by atoms with Crippen LogP contribution in [-0.4, -0.2) is 53.8 Å². The Hall–Kier alpha value is -2.87. The Balaban J connectivity index is 2.77. The number of carboxylic acids is 1. The highest BCUT2D eigenvalue weighted by molar-refractivity contribution is 7.86. The van der Waals surface area contributed by atoms with E-state index >= 15 is 0 Å². The molecule has 0 radical (unpaired) electrons. The molecule has 11 nitrogen and oxygen atoms in total. The van der Waals surface area contributed by atoms with Gasteiger partial charge in [-0.2, -0.15) is 16.8 Å². The van der Waals surface area contributed by atoms with E-state index in [4.69, 9.17) is 14.2 Å². The molecule has 0 fully saturated rings. The topological polar surface area (TPSA) is 190 Å². The molecule has 27 heavy (non-hydrogen) atoms. The van der Waals surface area contributed by atoms with Crippen molar-refractivity contribution in [2.24, 2.45) is 0 Å². The summed E-state index contributed by atoms with van der Waals surface area (Å²) in [6, 6.07) is 4.87. The van der Waals surface area contributed by atoms with Crippen LogP contribution in [0.3, 0.4) is 0 Å². The Morgan fingerprint density at radius 3 is 1.48 bits per heavy atom. The second-order valence-corrected chi connectivity index (χ2v) is 8.07. The van der Waals surface area contributed by atoms with Crippen molar-refractivity contribution in [2.45, 2.75) is 9.79 Å². The normalized spacial score (nSPS) is 11.9. The monoisotopic (exact) mass is 419 g/mol. The Labute approximate surface area is 153 Å². The molecule has 5 N–H and O–H groups in total. The molecule has 0 aliphatic carbocycles. The number of aromatic hydroxyl groups is 2. The summed E-state index contributed by atoms with van der Waals surface area (Å²) >= 11 is 0. The number of hydrogen-bond donors (Lipinski definition) is 5. The number of carbonyl (C=O) groups is 1. The zero-order valence-corrected chi connectivity index (χ0v) is 14.8. The lowest BCUT2D eigenvalue weighted by Gasteiger charge is -2.25. The van der Waals surface area contributed by atoms with Gasteiger partial charge in [-0.25, -0.2) is 0 Å². The molecule has 13 heteroatoms. The van der Waals surface area contributed by atoms with E-state index in [2.05, 4.69) is 0 Å². The van der Waals surface area contributed by atoms with Crippen LogP contribution in [0.25, 0.3) is 0 Å². The number of rotatable bonds is 6. The Morgan fingerprint density at radius 1 is 0.815 bits per heavy atom. The van der Waals surface area contributed by atoms with E-state index in [1.807, 2.05) is 0 Å². The minimum Gasteiger partial charge on any atom is -0.506 e. The molecule has 0 atom stereocenters. The maximum absolute atomic E-state index is 11.3. The van der Waals surface area contributed by atoms with Gasteiger partial charge in [-0.3, -0.25) is 13.9 Å². The highest BCUT2D eigenvalue weighted by Crippen LogP contribution is 2.39. The number of carboxylic acid groups (broad SMARTS) is 1. The van der Waals surface area contributed by atoms with E-state index in [0.29, 0.717) is 4.90 Å². The first-order chi connectivity index (χ1) is 12.3. The van der Waals surface area contributed by atoms with E-state index < -0.39 is 65.4 Å². The van der Waals surface area contributed by atoms with Gasteiger partial charge < -0.3 is 20.2 Å². The summed E-state index contributed by atoms with van der Waals surface area (Å²) < 4.78 is 63.5. The van der Waals surface area contributed by atoms with Crippen LogP contribution in [0.15, 0.2) is 46.2 Å². The first-order valence-electron chi connectivity index (χ1n) is 6.91. The van der Waals surface area contributed by atoms with Crippen LogP contribution in [0.4, 0.5) is 11.4 Å². The van der Waals surface area contributed by atoms with Gasteiger partial charge in [0.15, 0.2) is 0 Å². The number of benzene rings is 2. The highest BCUT2D eigenvalue weighted by atomic mass is 32.2. The van der Waals surface area contributed by atoms with Crippen molar-refractivity contribution >= 4 is 37.6 Å². The van der Waals surface area contributed by atoms with E-state index in [1.165, 1.54) is 0 Å². The largest absolute Gasteiger partial charge is 0.506 e. The number of phenolic OH excluding ortho intramolecular Hbond substituents is 2. The first-order valence-corrected chi connectivity index (χ1v) is 9.79. The van der Waals surface area contributed by atoms with Crippen molar-refractivity contribution in [3.8, 4) is 11.5 Å². The second kappa shape index (κ2) is 7.03. The van der Waals surface area contributed by atoms with Crippen LogP contribution in [0.1, 0.15) is 0 Å². The van der Waals surface area contributed by atoms with Crippen LogP contribution in [-0.2, 0) is 25.0 Å². The zero-order valence-electron chi connectivity index (χ0n) is 13.2. The molecule has 0 aliphatic heterocycles. The summed E-state index contributed by atoms with van der Waals surface area (Å²) in [6.07, 6.45) is 0. The van der Waals surface area contributed by atoms with Gasteiger partial charge >= 0.3 is 5.97 Å². The average molecular weight is 419 g/mol. The smallest absolute Gasteiger partial charge is 0.323 e. The van der Waals surface area contributed by atoms with Gasteiger partial charge in [0.25, 0.3) is 20.2 Å². The third kappa shape index (κ3) is 4.65. The van der Waals surface area contributed by atoms with Gasteiger partial charge in [0.1, 0.15) is 18.0 Å². The molecule has 2 aromatic carbocycles. The van der Waals surface area contributed by atoms with Crippen molar-refractivity contribution in [2.75, 3.05) is 11.4 Å². The lowest BCUT2D eigenvalue weighted by atomic mass is 10.2. The number of hydrogen-bond acceptors (Lipinski definition) is 8. The molecule has 146 valence electrons. The van der Waals surface area contributed by atoms with E-state index in [1.54, 1.807) is 0 Å². The summed E-state index contributed by atoms with van der Waals surface area (Å²) in [5, 5.41) is 29.1. The SMILES string of the molecule is O=C(O)CN(c1cc(S(=O)(=O)O)ccc1O)c1cc(S(=O)(=O)O)ccc1O. The van der Waals surface area contributed by atoms with E-state index in [-0.39, 0.29) is 0 Å². The van der Waals surface area contributed by atoms with Crippen molar-refractivity contribution < 1.29 is 46.1 Å². The molecular weight excluding hydrogens is 406 g/mol. The predicted molar refractivity (Wildman–Crippen MR) is 90.5 cm³/mol. The summed E-state index contributed by atoms with van der Waals surface area (Å²) in [4.78, 5) is 10.5. The van der Waals surface area contributed by atoms with Crippen LogP contribution < -0.4 is 4.90 Å².